The Bertz CT molecular complexity index is 612. The van der Waals surface area contributed by atoms with Gasteiger partial charge in [-0.2, -0.15) is 0 Å². The van der Waals surface area contributed by atoms with E-state index in [0.29, 0.717) is 17.8 Å². The van der Waals surface area contributed by atoms with Gasteiger partial charge < -0.3 is 9.69 Å². The lowest BCUT2D eigenvalue weighted by atomic mass is 9.40. The van der Waals surface area contributed by atoms with E-state index < -0.39 is 0 Å². The molecule has 0 aromatic rings. The summed E-state index contributed by atoms with van der Waals surface area (Å²) < 4.78 is 0. The second-order valence-corrected chi connectivity index (χ2v) is 10.1. The molecule has 0 radical (unpaired) electrons. The van der Waals surface area contributed by atoms with E-state index in [1.807, 2.05) is 0 Å². The normalized spacial score (nSPS) is 58.9. The van der Waals surface area contributed by atoms with Gasteiger partial charge in [0.2, 0.25) is 11.1 Å². The van der Waals surface area contributed by atoms with Crippen LogP contribution in [0.5, 0.6) is 0 Å². The molecule has 0 saturated heterocycles. The Morgan fingerprint density at radius 2 is 1.58 bits per heavy atom. The van der Waals surface area contributed by atoms with Gasteiger partial charge in [0.15, 0.2) is 0 Å². The van der Waals surface area contributed by atoms with Crippen LogP contribution in [0.3, 0.4) is 0 Å². The van der Waals surface area contributed by atoms with Crippen LogP contribution in [0.2, 0.25) is 0 Å². The molecule has 10 atom stereocenters. The van der Waals surface area contributed by atoms with Crippen molar-refractivity contribution in [2.24, 2.45) is 47.3 Å². The molecule has 4 saturated carbocycles. The molecule has 3 unspecified atom stereocenters. The molecular formula is C22H32N2. The predicted octanol–water partition coefficient (Wildman–Crippen LogP) is 5.71. The first kappa shape index (κ1) is 16.4. The molecule has 24 heavy (non-hydrogen) atoms. The highest BCUT2D eigenvalue weighted by Gasteiger charge is 2.67. The zero-order valence-electron chi connectivity index (χ0n) is 15.8. The van der Waals surface area contributed by atoms with Crippen LogP contribution in [0, 0.1) is 60.5 Å². The molecule has 4 rings (SSSR count). The molecule has 0 aromatic carbocycles. The third-order valence-corrected chi connectivity index (χ3v) is 9.29. The van der Waals surface area contributed by atoms with Crippen molar-refractivity contribution in [1.29, 1.82) is 0 Å². The van der Waals surface area contributed by atoms with Crippen molar-refractivity contribution in [2.75, 3.05) is 0 Å². The first-order chi connectivity index (χ1) is 11.4. The van der Waals surface area contributed by atoms with Crippen molar-refractivity contribution in [3.63, 3.8) is 0 Å². The van der Waals surface area contributed by atoms with E-state index in [0.717, 1.165) is 36.0 Å². The molecule has 4 aliphatic rings. The quantitative estimate of drug-likeness (QED) is 0.505. The summed E-state index contributed by atoms with van der Waals surface area (Å²) in [6.45, 7) is 25.1. The minimum absolute atomic E-state index is 0.134. The molecule has 0 amide bonds. The Kier molecular flexibility index (Phi) is 3.59. The summed E-state index contributed by atoms with van der Waals surface area (Å²) in [7, 11) is 0. The second kappa shape index (κ2) is 5.24. The summed E-state index contributed by atoms with van der Waals surface area (Å²) in [5.74, 6) is 5.58. The predicted molar refractivity (Wildman–Crippen MR) is 97.0 cm³/mol. The van der Waals surface area contributed by atoms with Gasteiger partial charge in [-0.3, -0.25) is 0 Å². The highest BCUT2D eigenvalue weighted by molar-refractivity contribution is 5.19. The lowest BCUT2D eigenvalue weighted by Crippen LogP contribution is -2.62. The molecule has 2 heteroatoms. The van der Waals surface area contributed by atoms with Crippen LogP contribution in [-0.2, 0) is 0 Å². The third kappa shape index (κ3) is 1.92. The van der Waals surface area contributed by atoms with E-state index in [9.17, 15) is 0 Å². The van der Waals surface area contributed by atoms with Gasteiger partial charge in [0.05, 0.1) is 0 Å². The van der Waals surface area contributed by atoms with Crippen molar-refractivity contribution in [1.82, 2.24) is 0 Å². The van der Waals surface area contributed by atoms with Crippen LogP contribution in [0.4, 0.5) is 0 Å². The molecule has 4 aliphatic carbocycles. The molecule has 0 N–H and O–H groups in total. The lowest BCUT2D eigenvalue weighted by Gasteiger charge is -2.62. The Hall–Kier alpha value is -1.02. The van der Waals surface area contributed by atoms with Crippen LogP contribution in [0.25, 0.3) is 9.69 Å². The van der Waals surface area contributed by atoms with Crippen molar-refractivity contribution in [3.05, 3.63) is 22.8 Å². The first-order valence-electron chi connectivity index (χ1n) is 10.1. The van der Waals surface area contributed by atoms with E-state index in [1.54, 1.807) is 0 Å². The fourth-order valence-corrected chi connectivity index (χ4v) is 7.87. The maximum Gasteiger partial charge on any atom is 0.235 e. The molecule has 0 aromatic heterocycles. The first-order valence-corrected chi connectivity index (χ1v) is 10.1. The summed E-state index contributed by atoms with van der Waals surface area (Å²) in [5.41, 5.74) is -0.297. The van der Waals surface area contributed by atoms with Gasteiger partial charge in [-0.15, -0.1) is 0 Å². The van der Waals surface area contributed by atoms with E-state index in [1.165, 1.54) is 32.1 Å². The smallest absolute Gasteiger partial charge is 0.235 e. The van der Waals surface area contributed by atoms with Crippen LogP contribution in [0.1, 0.15) is 66.2 Å². The summed E-state index contributed by atoms with van der Waals surface area (Å²) >= 11 is 0. The van der Waals surface area contributed by atoms with Gasteiger partial charge in [0.25, 0.3) is 0 Å². The minimum Gasteiger partial charge on any atom is -0.310 e. The Morgan fingerprint density at radius 1 is 0.875 bits per heavy atom. The van der Waals surface area contributed by atoms with Gasteiger partial charge in [-0.1, -0.05) is 13.8 Å². The maximum atomic E-state index is 7.94. The highest BCUT2D eigenvalue weighted by atomic mass is 14.9. The summed E-state index contributed by atoms with van der Waals surface area (Å²) in [6, 6.07) is 0. The van der Waals surface area contributed by atoms with Crippen molar-refractivity contribution < 1.29 is 0 Å². The fourth-order valence-electron chi connectivity index (χ4n) is 7.87. The molecular weight excluding hydrogens is 292 g/mol. The largest absolute Gasteiger partial charge is 0.310 e. The summed E-state index contributed by atoms with van der Waals surface area (Å²) in [4.78, 5) is 8.40. The summed E-state index contributed by atoms with van der Waals surface area (Å²) in [5, 5.41) is 0. The van der Waals surface area contributed by atoms with Crippen molar-refractivity contribution >= 4 is 0 Å². The molecule has 2 nitrogen and oxygen atoms in total. The fraction of sp³-hybridized carbons (Fsp3) is 0.909. The van der Waals surface area contributed by atoms with Crippen molar-refractivity contribution in [2.45, 2.75) is 77.3 Å². The standard InChI is InChI=1S/C22H32N2/c1-13-11-15-12-14(2)22(4,24-6)18-8-7-17-20(19(15)18)16(13)9-10-21(17,3)23-5/h13-20H,7-12H2,1-4H3/t13-,14+,15?,16+,17-,18?,19+,20?,21-,22+/m0/s1. The van der Waals surface area contributed by atoms with Crippen molar-refractivity contribution in [3.8, 4) is 0 Å². The highest BCUT2D eigenvalue weighted by Crippen LogP contribution is 2.66. The van der Waals surface area contributed by atoms with E-state index >= 15 is 0 Å². The number of rotatable bonds is 0. The molecule has 0 aliphatic heterocycles. The van der Waals surface area contributed by atoms with E-state index in [2.05, 4.69) is 37.4 Å². The van der Waals surface area contributed by atoms with E-state index in [-0.39, 0.29) is 11.1 Å². The van der Waals surface area contributed by atoms with Gasteiger partial charge in [-0.05, 0) is 61.7 Å². The molecule has 130 valence electrons. The second-order valence-electron chi connectivity index (χ2n) is 10.1. The maximum absolute atomic E-state index is 7.94. The summed E-state index contributed by atoms with van der Waals surface area (Å²) in [6.07, 6.45) is 7.36. The Balaban J connectivity index is 1.79. The third-order valence-electron chi connectivity index (χ3n) is 9.29. The molecule has 4 fully saturated rings. The number of hydrogen-bond acceptors (Lipinski definition) is 0. The molecule has 0 bridgehead atoms. The average Bonchev–Trinajstić information content (AvgIpc) is 2.58. The Morgan fingerprint density at radius 3 is 2.25 bits per heavy atom. The van der Waals surface area contributed by atoms with Gasteiger partial charge in [0, 0.05) is 38.0 Å². The molecule has 0 spiro atoms. The SMILES string of the molecule is [C-]#[N+][C@@]1(C)C2CC[C@H]3C4[C@@H]2C(C[C@H]1C)C[C@H](C)[C@H]4CC[C@]3(C)[N+]#[C-]. The topological polar surface area (TPSA) is 8.72 Å². The van der Waals surface area contributed by atoms with Crippen LogP contribution < -0.4 is 0 Å². The van der Waals surface area contributed by atoms with Crippen LogP contribution in [-0.4, -0.2) is 11.1 Å². The van der Waals surface area contributed by atoms with Gasteiger partial charge >= 0.3 is 0 Å². The number of nitrogens with zero attached hydrogens (tertiary/aromatic N) is 2. The van der Waals surface area contributed by atoms with Crippen LogP contribution >= 0.6 is 0 Å². The molecule has 0 heterocycles. The lowest BCUT2D eigenvalue weighted by molar-refractivity contribution is -0.138. The van der Waals surface area contributed by atoms with Crippen LogP contribution in [0.15, 0.2) is 0 Å². The monoisotopic (exact) mass is 324 g/mol. The van der Waals surface area contributed by atoms with Gasteiger partial charge in [0.1, 0.15) is 0 Å². The average molecular weight is 325 g/mol. The van der Waals surface area contributed by atoms with Gasteiger partial charge in [-0.25, -0.2) is 13.1 Å². The minimum atomic E-state index is -0.163. The number of hydrogen-bond donors (Lipinski definition) is 0. The van der Waals surface area contributed by atoms with E-state index in [4.69, 9.17) is 13.1 Å². The zero-order valence-corrected chi connectivity index (χ0v) is 15.8. The Labute approximate surface area is 148 Å². The zero-order chi connectivity index (χ0) is 17.3.